The molecule has 2 heterocycles. The fourth-order valence-electron chi connectivity index (χ4n) is 2.39. The van der Waals surface area contributed by atoms with Gasteiger partial charge in [0.1, 0.15) is 0 Å². The van der Waals surface area contributed by atoms with Gasteiger partial charge in [-0.1, -0.05) is 0 Å². The molecule has 0 saturated carbocycles. The Hall–Kier alpha value is -1.11. The summed E-state index contributed by atoms with van der Waals surface area (Å²) >= 11 is 1.59. The van der Waals surface area contributed by atoms with E-state index < -0.39 is 0 Å². The van der Waals surface area contributed by atoms with E-state index in [9.17, 15) is 4.79 Å². The number of carbonyl (C=O) groups is 1. The van der Waals surface area contributed by atoms with Crippen molar-refractivity contribution in [1.29, 1.82) is 0 Å². The zero-order chi connectivity index (χ0) is 15.1. The van der Waals surface area contributed by atoms with E-state index in [2.05, 4.69) is 24.3 Å². The van der Waals surface area contributed by atoms with Crippen LogP contribution in [-0.4, -0.2) is 62.3 Å². The zero-order valence-electron chi connectivity index (χ0n) is 12.9. The topological polar surface area (TPSA) is 44.8 Å². The molecule has 1 aromatic heterocycles. The first-order valence-corrected chi connectivity index (χ1v) is 8.44. The first-order chi connectivity index (χ1) is 10.1. The lowest BCUT2D eigenvalue weighted by atomic mass is 10.1. The molecule has 1 aliphatic heterocycles. The summed E-state index contributed by atoms with van der Waals surface area (Å²) in [4.78, 5) is 16.1. The average Bonchev–Trinajstić information content (AvgIpc) is 2.97. The van der Waals surface area contributed by atoms with Gasteiger partial charge in [0.25, 0.3) is 0 Å². The minimum Gasteiger partial charge on any atom is -0.378 e. The van der Waals surface area contributed by atoms with Gasteiger partial charge in [0.2, 0.25) is 0 Å². The summed E-state index contributed by atoms with van der Waals surface area (Å²) in [6.07, 6.45) is 3.22. The van der Waals surface area contributed by atoms with Gasteiger partial charge in [0.05, 0.1) is 11.8 Å². The Balaban J connectivity index is 1.62. The van der Waals surface area contributed by atoms with Crippen LogP contribution < -0.4 is 5.32 Å². The minimum atomic E-state index is -0.000502. The number of nitrogens with zero attached hydrogens (tertiary/aromatic N) is 2. The molecular formula is C15H25N3O2S. The molecule has 118 valence electrons. The van der Waals surface area contributed by atoms with Crippen LogP contribution in [-0.2, 0) is 4.74 Å². The lowest BCUT2D eigenvalue weighted by Crippen LogP contribution is -2.43. The fraction of sp³-hybridized carbons (Fsp3) is 0.667. The van der Waals surface area contributed by atoms with Gasteiger partial charge in [0.15, 0.2) is 0 Å². The molecular weight excluding hydrogens is 286 g/mol. The molecule has 21 heavy (non-hydrogen) atoms. The van der Waals surface area contributed by atoms with Crippen molar-refractivity contribution in [2.45, 2.75) is 25.4 Å². The molecule has 1 N–H and O–H groups in total. The van der Waals surface area contributed by atoms with Crippen LogP contribution in [0, 0.1) is 0 Å². The van der Waals surface area contributed by atoms with Gasteiger partial charge in [-0.2, -0.15) is 11.3 Å². The molecule has 6 heteroatoms. The lowest BCUT2D eigenvalue weighted by Gasteiger charge is -2.32. The summed E-state index contributed by atoms with van der Waals surface area (Å²) < 4.78 is 5.88. The Bertz CT molecular complexity index is 415. The van der Waals surface area contributed by atoms with Gasteiger partial charge >= 0.3 is 6.03 Å². The van der Waals surface area contributed by atoms with E-state index in [-0.39, 0.29) is 6.03 Å². The monoisotopic (exact) mass is 311 g/mol. The Kier molecular flexibility index (Phi) is 6.48. The fourth-order valence-corrected chi connectivity index (χ4v) is 2.98. The third kappa shape index (κ3) is 5.65. The number of hydrogen-bond acceptors (Lipinski definition) is 4. The SMILES string of the molecule is CN(C)CCCOC1CCN(C(=O)Nc2ccsc2)CC1. The number of likely N-dealkylation sites (tertiary alicyclic amines) is 1. The van der Waals surface area contributed by atoms with Crippen molar-refractivity contribution in [1.82, 2.24) is 9.80 Å². The molecule has 2 rings (SSSR count). The maximum absolute atomic E-state index is 12.1. The molecule has 0 spiro atoms. The van der Waals surface area contributed by atoms with Crippen LogP contribution in [0.2, 0.25) is 0 Å². The molecule has 0 radical (unpaired) electrons. The highest BCUT2D eigenvalue weighted by Crippen LogP contribution is 2.17. The van der Waals surface area contributed by atoms with Gasteiger partial charge in [-0.15, -0.1) is 0 Å². The second kappa shape index (κ2) is 8.36. The van der Waals surface area contributed by atoms with Gasteiger partial charge in [-0.25, -0.2) is 4.79 Å². The number of urea groups is 1. The van der Waals surface area contributed by atoms with E-state index in [1.165, 1.54) is 0 Å². The van der Waals surface area contributed by atoms with Gasteiger partial charge in [-0.3, -0.25) is 0 Å². The van der Waals surface area contributed by atoms with Gasteiger partial charge < -0.3 is 19.9 Å². The predicted octanol–water partition coefficient (Wildman–Crippen LogP) is 2.71. The second-order valence-corrected chi connectivity index (χ2v) is 6.44. The number of piperidine rings is 1. The Morgan fingerprint density at radius 1 is 1.48 bits per heavy atom. The number of hydrogen-bond donors (Lipinski definition) is 1. The molecule has 1 fully saturated rings. The molecule has 1 saturated heterocycles. The largest absolute Gasteiger partial charge is 0.378 e. The van der Waals surface area contributed by atoms with Crippen LogP contribution in [0.1, 0.15) is 19.3 Å². The maximum atomic E-state index is 12.1. The number of anilines is 1. The molecule has 0 bridgehead atoms. The van der Waals surface area contributed by atoms with Crippen molar-refractivity contribution in [3.05, 3.63) is 16.8 Å². The standard InChI is InChI=1S/C15H25N3O2S/c1-17(2)7-3-10-20-14-4-8-18(9-5-14)15(19)16-13-6-11-21-12-13/h6,11-12,14H,3-5,7-10H2,1-2H3,(H,16,19). The summed E-state index contributed by atoms with van der Waals surface area (Å²) in [7, 11) is 4.15. The first kappa shape index (κ1) is 16.3. The highest BCUT2D eigenvalue weighted by molar-refractivity contribution is 7.08. The number of thiophene rings is 1. The number of rotatable bonds is 6. The maximum Gasteiger partial charge on any atom is 0.321 e. The number of carbonyl (C=O) groups excluding carboxylic acids is 1. The summed E-state index contributed by atoms with van der Waals surface area (Å²) in [6.45, 7) is 3.41. The minimum absolute atomic E-state index is 0.000502. The van der Waals surface area contributed by atoms with Crippen molar-refractivity contribution in [2.75, 3.05) is 45.7 Å². The summed E-state index contributed by atoms with van der Waals surface area (Å²) in [5, 5.41) is 6.83. The van der Waals surface area contributed by atoms with Crippen molar-refractivity contribution in [2.24, 2.45) is 0 Å². The molecule has 0 aromatic carbocycles. The number of nitrogens with one attached hydrogen (secondary N) is 1. The summed E-state index contributed by atoms with van der Waals surface area (Å²) in [5.41, 5.74) is 0.882. The molecule has 0 unspecified atom stereocenters. The lowest BCUT2D eigenvalue weighted by molar-refractivity contribution is 0.0130. The van der Waals surface area contributed by atoms with Crippen molar-refractivity contribution in [3.63, 3.8) is 0 Å². The van der Waals surface area contributed by atoms with Crippen molar-refractivity contribution in [3.8, 4) is 0 Å². The van der Waals surface area contributed by atoms with Crippen LogP contribution in [0.5, 0.6) is 0 Å². The number of ether oxygens (including phenoxy) is 1. The quantitative estimate of drug-likeness (QED) is 0.822. The first-order valence-electron chi connectivity index (χ1n) is 7.49. The van der Waals surface area contributed by atoms with Crippen LogP contribution in [0.4, 0.5) is 10.5 Å². The average molecular weight is 311 g/mol. The Labute approximate surface area is 130 Å². The van der Waals surface area contributed by atoms with Crippen LogP contribution in [0.25, 0.3) is 0 Å². The van der Waals surface area contributed by atoms with E-state index in [0.717, 1.165) is 51.2 Å². The molecule has 1 aliphatic rings. The summed E-state index contributed by atoms with van der Waals surface area (Å²) in [5.74, 6) is 0. The zero-order valence-corrected chi connectivity index (χ0v) is 13.7. The van der Waals surface area contributed by atoms with E-state index >= 15 is 0 Å². The predicted molar refractivity (Wildman–Crippen MR) is 87.1 cm³/mol. The Morgan fingerprint density at radius 3 is 2.86 bits per heavy atom. The molecule has 5 nitrogen and oxygen atoms in total. The van der Waals surface area contributed by atoms with Crippen LogP contribution in [0.3, 0.4) is 0 Å². The normalized spacial score (nSPS) is 16.4. The highest BCUT2D eigenvalue weighted by atomic mass is 32.1. The molecule has 1 aromatic rings. The highest BCUT2D eigenvalue weighted by Gasteiger charge is 2.23. The third-order valence-electron chi connectivity index (χ3n) is 3.60. The van der Waals surface area contributed by atoms with Crippen LogP contribution in [0.15, 0.2) is 16.8 Å². The van der Waals surface area contributed by atoms with E-state index in [1.807, 2.05) is 21.7 Å². The van der Waals surface area contributed by atoms with Gasteiger partial charge in [0, 0.05) is 25.1 Å². The van der Waals surface area contributed by atoms with Crippen LogP contribution >= 0.6 is 11.3 Å². The third-order valence-corrected chi connectivity index (χ3v) is 4.29. The second-order valence-electron chi connectivity index (χ2n) is 5.66. The molecule has 0 atom stereocenters. The molecule has 0 aliphatic carbocycles. The van der Waals surface area contributed by atoms with E-state index in [1.54, 1.807) is 11.3 Å². The van der Waals surface area contributed by atoms with Crippen molar-refractivity contribution < 1.29 is 9.53 Å². The molecule has 2 amide bonds. The smallest absolute Gasteiger partial charge is 0.321 e. The van der Waals surface area contributed by atoms with Crippen molar-refractivity contribution >= 4 is 23.1 Å². The van der Waals surface area contributed by atoms with E-state index in [4.69, 9.17) is 4.74 Å². The summed E-state index contributed by atoms with van der Waals surface area (Å²) in [6, 6.07) is 1.92. The number of amides is 2. The van der Waals surface area contributed by atoms with E-state index in [0.29, 0.717) is 6.10 Å². The van der Waals surface area contributed by atoms with Gasteiger partial charge in [-0.05, 0) is 51.3 Å². The Morgan fingerprint density at radius 2 is 2.24 bits per heavy atom.